The van der Waals surface area contributed by atoms with E-state index in [9.17, 15) is 9.59 Å². The zero-order valence-corrected chi connectivity index (χ0v) is 13.2. The number of nitrogens with zero attached hydrogens (tertiary/aromatic N) is 1. The average molecular weight is 317 g/mol. The highest BCUT2D eigenvalue weighted by atomic mass is 16.5. The van der Waals surface area contributed by atoms with Crippen LogP contribution < -0.4 is 15.5 Å². The summed E-state index contributed by atoms with van der Waals surface area (Å²) in [6.45, 7) is 3.28. The van der Waals surface area contributed by atoms with Crippen molar-refractivity contribution < 1.29 is 14.3 Å². The van der Waals surface area contributed by atoms with Crippen molar-refractivity contribution in [2.45, 2.75) is 31.7 Å². The Labute approximate surface area is 136 Å². The Kier molecular flexibility index (Phi) is 5.12. The maximum atomic E-state index is 12.3. The number of rotatable bonds is 3. The third-order valence-electron chi connectivity index (χ3n) is 4.31. The van der Waals surface area contributed by atoms with E-state index in [0.29, 0.717) is 12.8 Å². The monoisotopic (exact) mass is 317 g/mol. The number of morpholine rings is 1. The first-order valence-electron chi connectivity index (χ1n) is 8.25. The predicted octanol–water partition coefficient (Wildman–Crippen LogP) is 1.52. The molecule has 2 saturated heterocycles. The van der Waals surface area contributed by atoms with E-state index in [-0.39, 0.29) is 11.8 Å². The van der Waals surface area contributed by atoms with Gasteiger partial charge in [0.05, 0.1) is 13.2 Å². The summed E-state index contributed by atoms with van der Waals surface area (Å²) in [5.74, 6) is -0.176. The van der Waals surface area contributed by atoms with Crippen molar-refractivity contribution in [3.63, 3.8) is 0 Å². The second-order valence-electron chi connectivity index (χ2n) is 6.00. The summed E-state index contributed by atoms with van der Waals surface area (Å²) >= 11 is 0. The Morgan fingerprint density at radius 1 is 1.17 bits per heavy atom. The van der Waals surface area contributed by atoms with Gasteiger partial charge in [0.25, 0.3) is 0 Å². The summed E-state index contributed by atoms with van der Waals surface area (Å²) in [5, 5.41) is 5.68. The van der Waals surface area contributed by atoms with Gasteiger partial charge < -0.3 is 20.3 Å². The van der Waals surface area contributed by atoms with E-state index in [1.807, 2.05) is 24.3 Å². The van der Waals surface area contributed by atoms with Crippen LogP contribution in [0, 0.1) is 0 Å². The van der Waals surface area contributed by atoms with Crippen LogP contribution in [0.15, 0.2) is 24.3 Å². The largest absolute Gasteiger partial charge is 0.378 e. The first-order valence-corrected chi connectivity index (χ1v) is 8.25. The van der Waals surface area contributed by atoms with Crippen LogP contribution in [0.25, 0.3) is 0 Å². The molecule has 0 aromatic heterocycles. The summed E-state index contributed by atoms with van der Waals surface area (Å²) in [6, 6.07) is 7.39. The van der Waals surface area contributed by atoms with Gasteiger partial charge in [-0.1, -0.05) is 6.42 Å². The Hall–Kier alpha value is -2.08. The normalized spacial score (nSPS) is 22.2. The molecule has 0 spiro atoms. The van der Waals surface area contributed by atoms with Gasteiger partial charge >= 0.3 is 0 Å². The second-order valence-corrected chi connectivity index (χ2v) is 6.00. The van der Waals surface area contributed by atoms with Crippen LogP contribution in [0.4, 0.5) is 11.4 Å². The zero-order chi connectivity index (χ0) is 16.1. The van der Waals surface area contributed by atoms with Gasteiger partial charge in [0.15, 0.2) is 0 Å². The van der Waals surface area contributed by atoms with Gasteiger partial charge in [0.2, 0.25) is 11.8 Å². The summed E-state index contributed by atoms with van der Waals surface area (Å²) < 4.78 is 5.35. The van der Waals surface area contributed by atoms with Crippen LogP contribution >= 0.6 is 0 Å². The first kappa shape index (κ1) is 15.8. The number of nitrogens with one attached hydrogen (secondary N) is 2. The quantitative estimate of drug-likeness (QED) is 0.887. The number of benzene rings is 1. The maximum absolute atomic E-state index is 12.3. The van der Waals surface area contributed by atoms with E-state index in [2.05, 4.69) is 15.5 Å². The van der Waals surface area contributed by atoms with Crippen molar-refractivity contribution in [1.29, 1.82) is 0 Å². The van der Waals surface area contributed by atoms with Crippen molar-refractivity contribution in [3.05, 3.63) is 24.3 Å². The molecule has 1 aromatic carbocycles. The minimum atomic E-state index is -0.427. The number of amides is 2. The van der Waals surface area contributed by atoms with Crippen LogP contribution in [-0.4, -0.2) is 44.2 Å². The van der Waals surface area contributed by atoms with Crippen molar-refractivity contribution in [2.75, 3.05) is 36.5 Å². The van der Waals surface area contributed by atoms with Crippen molar-refractivity contribution in [3.8, 4) is 0 Å². The van der Waals surface area contributed by atoms with E-state index >= 15 is 0 Å². The molecule has 0 radical (unpaired) electrons. The lowest BCUT2D eigenvalue weighted by Crippen LogP contribution is -2.42. The third kappa shape index (κ3) is 4.22. The fraction of sp³-hybridized carbons (Fsp3) is 0.529. The number of hydrogen-bond donors (Lipinski definition) is 2. The Morgan fingerprint density at radius 3 is 2.65 bits per heavy atom. The molecule has 0 saturated carbocycles. The van der Waals surface area contributed by atoms with E-state index in [1.54, 1.807) is 0 Å². The zero-order valence-electron chi connectivity index (χ0n) is 13.2. The predicted molar refractivity (Wildman–Crippen MR) is 88.5 cm³/mol. The average Bonchev–Trinajstić information content (AvgIpc) is 2.81. The fourth-order valence-corrected chi connectivity index (χ4v) is 2.98. The molecule has 3 rings (SSSR count). The van der Waals surface area contributed by atoms with Crippen molar-refractivity contribution >= 4 is 23.2 Å². The molecular formula is C17H23N3O3. The van der Waals surface area contributed by atoms with Gasteiger partial charge in [0.1, 0.15) is 6.04 Å². The van der Waals surface area contributed by atoms with Crippen molar-refractivity contribution in [1.82, 2.24) is 5.32 Å². The molecule has 2 heterocycles. The molecular weight excluding hydrogens is 294 g/mol. The number of carbonyl (C=O) groups is 2. The molecule has 6 nitrogen and oxygen atoms in total. The summed E-state index contributed by atoms with van der Waals surface area (Å²) in [6.07, 6.45) is 2.96. The van der Waals surface area contributed by atoms with Gasteiger partial charge in [-0.05, 0) is 37.1 Å². The number of ether oxygens (including phenoxy) is 1. The third-order valence-corrected chi connectivity index (χ3v) is 4.31. The molecule has 1 aromatic rings. The molecule has 2 fully saturated rings. The summed E-state index contributed by atoms with van der Waals surface area (Å²) in [5.41, 5.74) is 1.89. The lowest BCUT2D eigenvalue weighted by atomic mass is 10.1. The van der Waals surface area contributed by atoms with Crippen molar-refractivity contribution in [2.24, 2.45) is 0 Å². The van der Waals surface area contributed by atoms with Gasteiger partial charge in [0, 0.05) is 30.9 Å². The lowest BCUT2D eigenvalue weighted by Gasteiger charge is -2.29. The summed E-state index contributed by atoms with van der Waals surface area (Å²) in [7, 11) is 0. The van der Waals surface area contributed by atoms with E-state index in [4.69, 9.17) is 4.74 Å². The molecule has 1 unspecified atom stereocenters. The van der Waals surface area contributed by atoms with Gasteiger partial charge in [-0.3, -0.25) is 9.59 Å². The minimum absolute atomic E-state index is 0.0367. The van der Waals surface area contributed by atoms with Gasteiger partial charge in [-0.25, -0.2) is 0 Å². The molecule has 124 valence electrons. The van der Waals surface area contributed by atoms with Crippen LogP contribution in [0.2, 0.25) is 0 Å². The van der Waals surface area contributed by atoms with Crippen LogP contribution in [0.1, 0.15) is 25.7 Å². The van der Waals surface area contributed by atoms with E-state index in [1.165, 1.54) is 0 Å². The van der Waals surface area contributed by atoms with Crippen LogP contribution in [-0.2, 0) is 14.3 Å². The second kappa shape index (κ2) is 7.46. The molecule has 2 aliphatic heterocycles. The molecule has 23 heavy (non-hydrogen) atoms. The van der Waals surface area contributed by atoms with E-state index < -0.39 is 6.04 Å². The fourth-order valence-electron chi connectivity index (χ4n) is 2.98. The molecule has 6 heteroatoms. The smallest absolute Gasteiger partial charge is 0.246 e. The Balaban J connectivity index is 1.58. The Bertz CT molecular complexity index is 553. The molecule has 1 atom stereocenters. The highest BCUT2D eigenvalue weighted by Crippen LogP contribution is 2.19. The minimum Gasteiger partial charge on any atom is -0.378 e. The van der Waals surface area contributed by atoms with Gasteiger partial charge in [-0.2, -0.15) is 0 Å². The molecule has 0 bridgehead atoms. The molecule has 2 N–H and O–H groups in total. The SMILES string of the molecule is O=C1CCCCC(C(=O)Nc2ccc(N3CCOCC3)cc2)N1. The molecule has 2 amide bonds. The summed E-state index contributed by atoms with van der Waals surface area (Å²) in [4.78, 5) is 26.1. The topological polar surface area (TPSA) is 70.7 Å². The first-order chi connectivity index (χ1) is 11.2. The van der Waals surface area contributed by atoms with E-state index in [0.717, 1.165) is 50.5 Å². The van der Waals surface area contributed by atoms with Gasteiger partial charge in [-0.15, -0.1) is 0 Å². The van der Waals surface area contributed by atoms with Crippen LogP contribution in [0.5, 0.6) is 0 Å². The lowest BCUT2D eigenvalue weighted by molar-refractivity contribution is -0.125. The maximum Gasteiger partial charge on any atom is 0.246 e. The van der Waals surface area contributed by atoms with Crippen LogP contribution in [0.3, 0.4) is 0 Å². The highest BCUT2D eigenvalue weighted by Gasteiger charge is 2.23. The number of hydrogen-bond acceptors (Lipinski definition) is 4. The standard InChI is InChI=1S/C17H23N3O3/c21-16-4-2-1-3-15(19-16)17(22)18-13-5-7-14(8-6-13)20-9-11-23-12-10-20/h5-8,15H,1-4,9-12H2,(H,18,22)(H,19,21). The highest BCUT2D eigenvalue weighted by molar-refractivity contribution is 5.97. The number of carbonyl (C=O) groups excluding carboxylic acids is 2. The molecule has 0 aliphatic carbocycles. The number of anilines is 2. The Morgan fingerprint density at radius 2 is 1.91 bits per heavy atom. The molecule has 2 aliphatic rings.